The van der Waals surface area contributed by atoms with Crippen LogP contribution >= 0.6 is 23.2 Å². The van der Waals surface area contributed by atoms with Crippen LogP contribution in [0.3, 0.4) is 0 Å². The van der Waals surface area contributed by atoms with E-state index in [4.69, 9.17) is 32.9 Å². The monoisotopic (exact) mass is 541 g/mol. The normalized spacial score (nSPS) is 10.5. The van der Waals surface area contributed by atoms with Crippen LogP contribution in [-0.2, 0) is 11.8 Å². The van der Waals surface area contributed by atoms with Crippen molar-refractivity contribution in [3.63, 3.8) is 0 Å². The summed E-state index contributed by atoms with van der Waals surface area (Å²) in [5.74, 6) is 7.49. The topological polar surface area (TPSA) is 56.1 Å². The summed E-state index contributed by atoms with van der Waals surface area (Å²) in [7, 11) is 3.45. The van der Waals surface area contributed by atoms with Crippen LogP contribution in [0, 0.1) is 17.8 Å². The molecule has 0 aliphatic heterocycles. The fourth-order valence-corrected chi connectivity index (χ4v) is 3.94. The number of hydrogen-bond acceptors (Lipinski definition) is 4. The molecule has 0 unspecified atom stereocenters. The number of para-hydroxylation sites is 1. The predicted molar refractivity (Wildman–Crippen MR) is 158 cm³/mol. The molecule has 0 fully saturated rings. The number of ether oxygens (including phenoxy) is 1. The van der Waals surface area contributed by atoms with Crippen molar-refractivity contribution >= 4 is 57.2 Å². The third kappa shape index (κ3) is 7.38. The molecule has 3 aromatic rings. The Morgan fingerprint density at radius 2 is 1.76 bits per heavy atom. The largest absolute Gasteiger partial charge is 0.372 e. The van der Waals surface area contributed by atoms with Gasteiger partial charge in [-0.25, -0.2) is 4.98 Å². The molecule has 2 aromatic carbocycles. The third-order valence-electron chi connectivity index (χ3n) is 6.11. The first-order valence-electron chi connectivity index (χ1n) is 12.3. The molecule has 0 saturated carbocycles. The summed E-state index contributed by atoms with van der Waals surface area (Å²) >= 11 is 12.7. The minimum absolute atomic E-state index is 0.0488. The summed E-state index contributed by atoms with van der Waals surface area (Å²) in [6, 6.07) is 7.20. The maximum absolute atomic E-state index is 12.8. The fourth-order valence-electron chi connectivity index (χ4n) is 3.45. The molecule has 1 aromatic heterocycles. The number of aromatic nitrogens is 2. The number of imidazole rings is 1. The molecule has 0 spiro atoms. The van der Waals surface area contributed by atoms with Gasteiger partial charge in [0.05, 0.1) is 32.4 Å². The maximum atomic E-state index is 12.8. The van der Waals surface area contributed by atoms with Gasteiger partial charge in [0.1, 0.15) is 12.1 Å². The number of methoxy groups -OCH3 is 1. The van der Waals surface area contributed by atoms with Gasteiger partial charge in [-0.2, -0.15) is 0 Å². The molecule has 0 amide bonds. The minimum atomic E-state index is -0.0488. The fraction of sp³-hybridized carbons (Fsp3) is 0.400. The lowest BCUT2D eigenvalue weighted by atomic mass is 9.92. The second-order valence-corrected chi connectivity index (χ2v) is 10.3. The number of nitrogens with zero attached hydrogens (tertiary/aromatic N) is 2. The van der Waals surface area contributed by atoms with Gasteiger partial charge >= 0.3 is 0 Å². The minimum Gasteiger partial charge on any atom is -0.372 e. The number of carbonyl (C=O) groups excluding carboxylic acids is 1. The van der Waals surface area contributed by atoms with E-state index in [1.807, 2.05) is 38.5 Å². The highest BCUT2D eigenvalue weighted by Gasteiger charge is 2.23. The van der Waals surface area contributed by atoms with Gasteiger partial charge in [0.25, 0.3) is 0 Å². The van der Waals surface area contributed by atoms with Crippen LogP contribution in [-0.4, -0.2) is 29.1 Å². The average molecular weight is 543 g/mol. The molecule has 5 nitrogen and oxygen atoms in total. The molecule has 0 aliphatic carbocycles. The van der Waals surface area contributed by atoms with E-state index >= 15 is 0 Å². The first kappa shape index (κ1) is 30.4. The van der Waals surface area contributed by atoms with Gasteiger partial charge in [0.2, 0.25) is 5.95 Å². The van der Waals surface area contributed by atoms with Gasteiger partial charge in [-0.15, -0.1) is 0 Å². The van der Waals surface area contributed by atoms with Crippen LogP contribution in [0.25, 0.3) is 16.6 Å². The molecule has 0 saturated heterocycles. The molecule has 0 radical (unpaired) electrons. The van der Waals surface area contributed by atoms with Crippen LogP contribution in [0.15, 0.2) is 29.8 Å². The van der Waals surface area contributed by atoms with E-state index in [1.165, 1.54) is 6.42 Å². The number of nitrogens with one attached hydrogen (secondary N) is 1. The zero-order valence-corrected chi connectivity index (χ0v) is 24.8. The molecule has 3 rings (SSSR count). The molecule has 0 bridgehead atoms. The van der Waals surface area contributed by atoms with Crippen molar-refractivity contribution in [2.75, 3.05) is 19.0 Å². The summed E-state index contributed by atoms with van der Waals surface area (Å²) in [4.78, 5) is 17.6. The van der Waals surface area contributed by atoms with Crippen molar-refractivity contribution < 1.29 is 9.53 Å². The molecule has 1 heterocycles. The molecular formula is C30H37Cl2N3O2. The molecule has 198 valence electrons. The van der Waals surface area contributed by atoms with Gasteiger partial charge in [-0.3, -0.25) is 4.79 Å². The van der Waals surface area contributed by atoms with E-state index in [0.717, 1.165) is 22.6 Å². The smallest absolute Gasteiger partial charge is 0.208 e. The number of halogens is 2. The number of Topliss-reactive ketones (excluding diaryl/α,β-unsaturated/α-hetero) is 1. The van der Waals surface area contributed by atoms with Crippen molar-refractivity contribution in [1.82, 2.24) is 9.55 Å². The van der Waals surface area contributed by atoms with E-state index < -0.39 is 0 Å². The van der Waals surface area contributed by atoms with Crippen molar-refractivity contribution in [3.05, 3.63) is 56.6 Å². The van der Waals surface area contributed by atoms with Gasteiger partial charge < -0.3 is 14.6 Å². The lowest BCUT2D eigenvalue weighted by molar-refractivity contribution is 0.101. The van der Waals surface area contributed by atoms with E-state index in [1.54, 1.807) is 32.2 Å². The summed E-state index contributed by atoms with van der Waals surface area (Å²) < 4.78 is 6.93. The number of fused-ring (bicyclic) bond motifs is 1. The lowest BCUT2D eigenvalue weighted by Crippen LogP contribution is -2.06. The highest BCUT2D eigenvalue weighted by Crippen LogP contribution is 2.36. The van der Waals surface area contributed by atoms with E-state index in [2.05, 4.69) is 37.9 Å². The first-order valence-corrected chi connectivity index (χ1v) is 13.1. The molecule has 7 heteroatoms. The second kappa shape index (κ2) is 13.7. The Balaban J connectivity index is 0.000000877. The van der Waals surface area contributed by atoms with Gasteiger partial charge in [-0.1, -0.05) is 73.9 Å². The number of aryl methyl sites for hydroxylation is 1. The summed E-state index contributed by atoms with van der Waals surface area (Å²) in [5, 5.41) is 4.16. The Morgan fingerprint density at radius 1 is 1.16 bits per heavy atom. The number of allylic oxidation sites excluding steroid dienone is 2. The van der Waals surface area contributed by atoms with Gasteiger partial charge in [0.15, 0.2) is 5.78 Å². The molecule has 37 heavy (non-hydrogen) atoms. The van der Waals surface area contributed by atoms with Crippen molar-refractivity contribution in [1.29, 1.82) is 0 Å². The van der Waals surface area contributed by atoms with Crippen LogP contribution in [0.2, 0.25) is 10.0 Å². The van der Waals surface area contributed by atoms with Crippen molar-refractivity contribution in [2.45, 2.75) is 54.9 Å². The Kier molecular flexibility index (Phi) is 11.3. The zero-order chi connectivity index (χ0) is 27.9. The summed E-state index contributed by atoms with van der Waals surface area (Å²) in [6.45, 7) is 14.6. The van der Waals surface area contributed by atoms with Crippen molar-refractivity contribution in [3.8, 4) is 11.8 Å². The average Bonchev–Trinajstić information content (AvgIpc) is 3.16. The number of rotatable bonds is 6. The Labute approximate surface area is 231 Å². The highest BCUT2D eigenvalue weighted by atomic mass is 35.5. The van der Waals surface area contributed by atoms with E-state index in [-0.39, 0.29) is 5.78 Å². The third-order valence-corrected chi connectivity index (χ3v) is 6.74. The van der Waals surface area contributed by atoms with Gasteiger partial charge in [0, 0.05) is 14.2 Å². The highest BCUT2D eigenvalue weighted by molar-refractivity contribution is 6.39. The molecule has 1 N–H and O–H groups in total. The number of carbonyl (C=O) groups is 1. The first-order chi connectivity index (χ1) is 17.4. The number of anilines is 2. The number of ketones is 1. The summed E-state index contributed by atoms with van der Waals surface area (Å²) in [5.41, 5.74) is 6.17. The van der Waals surface area contributed by atoms with Crippen LogP contribution in [0.1, 0.15) is 76.4 Å². The number of benzene rings is 2. The standard InChI is InChI=1S/C25H25Cl2N3O2.C5H12/c1-14(2)15(3)18-13-17(9-8-12-32-6)22-24(21(18)16(4)31)30(5)25(28-22)29-23-19(26)10-7-11-20(23)27;1-4-5(2)3/h7,10-11,13H,12H2,1-6H3,(H,28,29);5H,4H2,1-3H3. The lowest BCUT2D eigenvalue weighted by Gasteiger charge is -2.14. The van der Waals surface area contributed by atoms with E-state index in [0.29, 0.717) is 50.4 Å². The predicted octanol–water partition coefficient (Wildman–Crippen LogP) is 8.69. The van der Waals surface area contributed by atoms with Crippen molar-refractivity contribution in [2.24, 2.45) is 13.0 Å². The summed E-state index contributed by atoms with van der Waals surface area (Å²) in [6.07, 6.45) is 1.31. The SMILES string of the molecule is CCC(C)C.COCC#Cc1cc(C(C)=C(C)C)c(C(C)=O)c2c1nc(Nc1c(Cl)cccc1Cl)n2C. The quantitative estimate of drug-likeness (QED) is 0.250. The van der Waals surface area contributed by atoms with Crippen LogP contribution in [0.5, 0.6) is 0 Å². The second-order valence-electron chi connectivity index (χ2n) is 9.48. The van der Waals surface area contributed by atoms with Crippen LogP contribution in [0.4, 0.5) is 11.6 Å². The number of hydrogen-bond donors (Lipinski definition) is 1. The zero-order valence-electron chi connectivity index (χ0n) is 23.3. The molecular weight excluding hydrogens is 505 g/mol. The Hall–Kier alpha value is -2.78. The Morgan fingerprint density at radius 3 is 2.24 bits per heavy atom. The van der Waals surface area contributed by atoms with E-state index in [9.17, 15) is 4.79 Å². The van der Waals surface area contributed by atoms with Gasteiger partial charge in [-0.05, 0) is 62.9 Å². The Bertz CT molecular complexity index is 1350. The maximum Gasteiger partial charge on any atom is 0.208 e. The van der Waals surface area contributed by atoms with Crippen LogP contribution < -0.4 is 5.32 Å². The molecule has 0 aliphatic rings. The molecule has 0 atom stereocenters.